The Bertz CT molecular complexity index is 404. The Hall–Kier alpha value is -1.03. The van der Waals surface area contributed by atoms with Gasteiger partial charge in [0.15, 0.2) is 6.29 Å². The van der Waals surface area contributed by atoms with Gasteiger partial charge < -0.3 is 14.6 Å². The van der Waals surface area contributed by atoms with Gasteiger partial charge in [-0.1, -0.05) is 25.4 Å². The third-order valence-corrected chi connectivity index (χ3v) is 3.39. The van der Waals surface area contributed by atoms with Crippen LogP contribution in [-0.2, 0) is 14.3 Å². The van der Waals surface area contributed by atoms with E-state index in [0.717, 1.165) is 0 Å². The molecular weight excluding hydrogens is 256 g/mol. The second-order valence-corrected chi connectivity index (χ2v) is 6.55. The summed E-state index contributed by atoms with van der Waals surface area (Å²) in [5, 5.41) is 11.0. The normalized spacial score (nSPS) is 27.2. The van der Waals surface area contributed by atoms with Gasteiger partial charge in [-0.2, -0.15) is 0 Å². The maximum atomic E-state index is 11.0. The number of carbonyl (C=O) groups is 2. The predicted octanol–water partition coefficient (Wildman–Crippen LogP) is 1.47. The number of carboxylic acid groups (broad SMARTS) is 1. The number of aldehydes is 1. The number of carbonyl (C=O) groups excluding carboxylic acids is 2. The van der Waals surface area contributed by atoms with Gasteiger partial charge in [-0.25, -0.2) is 0 Å². The van der Waals surface area contributed by atoms with Crippen molar-refractivity contribution in [3.8, 4) is 0 Å². The van der Waals surface area contributed by atoms with Gasteiger partial charge >= 0.3 is 0 Å². The fourth-order valence-corrected chi connectivity index (χ4v) is 2.37. The molecule has 1 rings (SSSR count). The topological polar surface area (TPSA) is 66.4 Å². The van der Waals surface area contributed by atoms with Crippen molar-refractivity contribution in [1.82, 2.24) is 0 Å². The second kappa shape index (κ2) is 4.57. The van der Waals surface area contributed by atoms with E-state index in [0.29, 0.717) is 6.29 Å². The zero-order valence-corrected chi connectivity index (χ0v) is 12.0. The highest BCUT2D eigenvalue weighted by Crippen LogP contribution is 2.62. The van der Waals surface area contributed by atoms with Gasteiger partial charge in [0.05, 0.1) is 0 Å². The van der Waals surface area contributed by atoms with Gasteiger partial charge in [0.2, 0.25) is 0 Å². The molecule has 0 bridgehead atoms. The summed E-state index contributed by atoms with van der Waals surface area (Å²) in [6, 6.07) is 0. The highest BCUT2D eigenvalue weighted by molar-refractivity contribution is 6.38. The monoisotopic (exact) mass is 273 g/mol. The summed E-state index contributed by atoms with van der Waals surface area (Å²) >= 11 is 5.84. The Labute approximate surface area is 112 Å². The van der Waals surface area contributed by atoms with Gasteiger partial charge in [0.25, 0.3) is 0 Å². The van der Waals surface area contributed by atoms with E-state index in [4.69, 9.17) is 16.3 Å². The Kier molecular flexibility index (Phi) is 3.82. The van der Waals surface area contributed by atoms with E-state index in [2.05, 4.69) is 0 Å². The molecule has 2 unspecified atom stereocenters. The molecule has 0 amide bonds. The number of hydrogen-bond acceptors (Lipinski definition) is 4. The van der Waals surface area contributed by atoms with Crippen LogP contribution in [0.2, 0.25) is 0 Å². The van der Waals surface area contributed by atoms with Crippen molar-refractivity contribution in [3.05, 3.63) is 10.8 Å². The first-order valence-corrected chi connectivity index (χ1v) is 6.15. The van der Waals surface area contributed by atoms with Crippen LogP contribution in [0.1, 0.15) is 34.6 Å². The molecule has 0 aromatic heterocycles. The lowest BCUT2D eigenvalue weighted by Crippen LogP contribution is -2.27. The van der Waals surface area contributed by atoms with Crippen LogP contribution in [0, 0.1) is 17.3 Å². The SMILES string of the molecule is CC(C)(C)O/C(=C(\Cl)C=O)C1C(C(=O)[O-])C1(C)C. The summed E-state index contributed by atoms with van der Waals surface area (Å²) < 4.78 is 5.66. The molecule has 5 heteroatoms. The van der Waals surface area contributed by atoms with E-state index >= 15 is 0 Å². The zero-order valence-electron chi connectivity index (χ0n) is 11.2. The molecule has 2 atom stereocenters. The predicted molar refractivity (Wildman–Crippen MR) is 65.5 cm³/mol. The Balaban J connectivity index is 3.09. The van der Waals surface area contributed by atoms with Crippen molar-refractivity contribution in [2.24, 2.45) is 17.3 Å². The molecule has 1 aliphatic rings. The van der Waals surface area contributed by atoms with E-state index in [1.54, 1.807) is 13.8 Å². The summed E-state index contributed by atoms with van der Waals surface area (Å²) in [7, 11) is 0. The van der Waals surface area contributed by atoms with Gasteiger partial charge in [0, 0.05) is 17.8 Å². The molecule has 0 saturated heterocycles. The molecule has 4 nitrogen and oxygen atoms in total. The molecule has 18 heavy (non-hydrogen) atoms. The number of hydrogen-bond donors (Lipinski definition) is 0. The van der Waals surface area contributed by atoms with Gasteiger partial charge in [0.1, 0.15) is 16.4 Å². The second-order valence-electron chi connectivity index (χ2n) is 6.14. The summed E-state index contributed by atoms with van der Waals surface area (Å²) in [6.45, 7) is 9.01. The molecule has 1 fully saturated rings. The van der Waals surface area contributed by atoms with Crippen LogP contribution >= 0.6 is 11.6 Å². The zero-order chi connectivity index (χ0) is 14.3. The Morgan fingerprint density at radius 3 is 2.11 bits per heavy atom. The van der Waals surface area contributed by atoms with Crippen molar-refractivity contribution in [2.75, 3.05) is 0 Å². The number of rotatable bonds is 4. The van der Waals surface area contributed by atoms with Crippen LogP contribution < -0.4 is 5.11 Å². The van der Waals surface area contributed by atoms with E-state index in [-0.39, 0.29) is 10.8 Å². The molecule has 0 aromatic carbocycles. The summed E-state index contributed by atoms with van der Waals surface area (Å²) in [5.41, 5.74) is -1.06. The third kappa shape index (κ3) is 2.86. The van der Waals surface area contributed by atoms with Gasteiger partial charge in [-0.05, 0) is 26.2 Å². The van der Waals surface area contributed by atoms with Crippen molar-refractivity contribution in [3.63, 3.8) is 0 Å². The average molecular weight is 274 g/mol. The maximum Gasteiger partial charge on any atom is 0.164 e. The number of ether oxygens (including phenoxy) is 1. The largest absolute Gasteiger partial charge is 0.550 e. The van der Waals surface area contributed by atoms with Crippen molar-refractivity contribution in [2.45, 2.75) is 40.2 Å². The fraction of sp³-hybridized carbons (Fsp3) is 0.692. The minimum atomic E-state index is -1.14. The minimum absolute atomic E-state index is 0.0771. The Morgan fingerprint density at radius 2 is 1.83 bits per heavy atom. The lowest BCUT2D eigenvalue weighted by molar-refractivity contribution is -0.309. The van der Waals surface area contributed by atoms with Crippen LogP contribution in [0.5, 0.6) is 0 Å². The highest BCUT2D eigenvalue weighted by atomic mass is 35.5. The molecule has 0 aromatic rings. The molecule has 0 spiro atoms. The minimum Gasteiger partial charge on any atom is -0.550 e. The summed E-state index contributed by atoms with van der Waals surface area (Å²) in [6.07, 6.45) is 0.476. The molecule has 0 aliphatic heterocycles. The molecule has 102 valence electrons. The summed E-state index contributed by atoms with van der Waals surface area (Å²) in [4.78, 5) is 21.9. The highest BCUT2D eigenvalue weighted by Gasteiger charge is 2.62. The van der Waals surface area contributed by atoms with Crippen molar-refractivity contribution < 1.29 is 19.4 Å². The smallest absolute Gasteiger partial charge is 0.164 e. The standard InChI is InChI=1S/C13H19ClO4/c1-12(2,3)18-10(7(14)6-15)8-9(11(16)17)13(8,4)5/h6,8-9H,1-5H3,(H,16,17)/p-1/b10-7-. The fourth-order valence-electron chi connectivity index (χ4n) is 2.22. The molecule has 1 aliphatic carbocycles. The third-order valence-electron chi connectivity index (χ3n) is 3.12. The first-order chi connectivity index (χ1) is 8.02. The van der Waals surface area contributed by atoms with Crippen LogP contribution in [0.4, 0.5) is 0 Å². The number of allylic oxidation sites excluding steroid dienone is 2. The maximum absolute atomic E-state index is 11.0. The van der Waals surface area contributed by atoms with Crippen LogP contribution in [-0.4, -0.2) is 17.9 Å². The number of aliphatic carboxylic acids is 1. The average Bonchev–Trinajstić information content (AvgIpc) is 2.75. The van der Waals surface area contributed by atoms with E-state index in [9.17, 15) is 14.7 Å². The lowest BCUT2D eigenvalue weighted by Gasteiger charge is -2.24. The van der Waals surface area contributed by atoms with Crippen LogP contribution in [0.15, 0.2) is 10.8 Å². The first-order valence-electron chi connectivity index (χ1n) is 5.77. The molecule has 0 radical (unpaired) electrons. The van der Waals surface area contributed by atoms with Crippen LogP contribution in [0.3, 0.4) is 0 Å². The molecule has 0 heterocycles. The number of halogens is 1. The molecular formula is C13H18ClO4-. The number of carboxylic acids is 1. The van der Waals surface area contributed by atoms with E-state index in [1.165, 1.54) is 0 Å². The van der Waals surface area contributed by atoms with Crippen LogP contribution in [0.25, 0.3) is 0 Å². The lowest BCUT2D eigenvalue weighted by atomic mass is 10.1. The quantitative estimate of drug-likeness (QED) is 0.442. The van der Waals surface area contributed by atoms with Crippen molar-refractivity contribution >= 4 is 23.9 Å². The van der Waals surface area contributed by atoms with Gasteiger partial charge in [-0.15, -0.1) is 0 Å². The van der Waals surface area contributed by atoms with E-state index in [1.807, 2.05) is 20.8 Å². The van der Waals surface area contributed by atoms with E-state index < -0.39 is 28.8 Å². The molecule has 1 saturated carbocycles. The first kappa shape index (κ1) is 15.0. The molecule has 0 N–H and O–H groups in total. The van der Waals surface area contributed by atoms with Gasteiger partial charge in [-0.3, -0.25) is 4.79 Å². The summed E-state index contributed by atoms with van der Waals surface area (Å²) in [5.74, 6) is -1.99. The van der Waals surface area contributed by atoms with Crippen molar-refractivity contribution in [1.29, 1.82) is 0 Å². The Morgan fingerprint density at radius 1 is 1.33 bits per heavy atom.